The number of aryl methyl sites for hydroxylation is 1. The Morgan fingerprint density at radius 2 is 1.65 bits per heavy atom. The predicted molar refractivity (Wildman–Crippen MR) is 68.7 cm³/mol. The molecule has 1 aromatic rings. The second-order valence-electron chi connectivity index (χ2n) is 6.96. The van der Waals surface area contributed by atoms with Gasteiger partial charge in [-0.25, -0.2) is 0 Å². The number of hydrogen-bond acceptors (Lipinski definition) is 0. The average molecular weight is 227 g/mol. The maximum atomic E-state index is 6.02. The molecule has 0 N–H and O–H groups in total. The van der Waals surface area contributed by atoms with Crippen molar-refractivity contribution in [3.63, 3.8) is 0 Å². The average Bonchev–Trinajstić information content (AvgIpc) is 2.58. The summed E-state index contributed by atoms with van der Waals surface area (Å²) in [6.07, 6.45) is 11.1. The lowest BCUT2D eigenvalue weighted by molar-refractivity contribution is -0.00518. The molecule has 0 aromatic carbocycles. The van der Waals surface area contributed by atoms with E-state index in [4.69, 9.17) is 6.92 Å². The minimum Gasteiger partial charge on any atom is -0.354 e. The van der Waals surface area contributed by atoms with E-state index in [1.54, 1.807) is 0 Å². The predicted octanol–water partition coefficient (Wildman–Crippen LogP) is 3.55. The molecule has 0 saturated heterocycles. The van der Waals surface area contributed by atoms with E-state index in [1.165, 1.54) is 44.1 Å². The van der Waals surface area contributed by atoms with Gasteiger partial charge in [-0.2, -0.15) is 0 Å². The van der Waals surface area contributed by atoms with Gasteiger partial charge < -0.3 is 4.57 Å². The molecule has 1 heterocycles. The van der Waals surface area contributed by atoms with Crippen LogP contribution >= 0.6 is 0 Å². The zero-order valence-electron chi connectivity index (χ0n) is 10.7. The lowest BCUT2D eigenvalue weighted by Gasteiger charge is -2.56. The molecule has 0 amide bonds. The maximum Gasteiger partial charge on any atom is 0.0219 e. The first-order valence-corrected chi connectivity index (χ1v) is 7.07. The minimum absolute atomic E-state index is 0.504. The zero-order valence-corrected chi connectivity index (χ0v) is 10.7. The molecule has 1 aromatic heterocycles. The van der Waals surface area contributed by atoms with Crippen LogP contribution in [-0.2, 0) is 12.5 Å². The minimum atomic E-state index is 0.504. The molecule has 4 aliphatic rings. The van der Waals surface area contributed by atoms with Gasteiger partial charge in [-0.3, -0.25) is 0 Å². The Morgan fingerprint density at radius 3 is 2.06 bits per heavy atom. The Balaban J connectivity index is 1.77. The van der Waals surface area contributed by atoms with Crippen molar-refractivity contribution in [2.75, 3.05) is 0 Å². The molecule has 4 aliphatic carbocycles. The summed E-state index contributed by atoms with van der Waals surface area (Å²) in [4.78, 5) is 0. The summed E-state index contributed by atoms with van der Waals surface area (Å²) in [6.45, 7) is 6.02. The SMILES string of the molecule is [CH]c1cc(C23CC4CC(CC(C4)C2)C3)cn1C. The molecule has 1 heteroatoms. The number of rotatable bonds is 1. The van der Waals surface area contributed by atoms with Gasteiger partial charge in [0.15, 0.2) is 0 Å². The van der Waals surface area contributed by atoms with Crippen LogP contribution in [0, 0.1) is 24.7 Å². The molecule has 1 nitrogen and oxygen atoms in total. The van der Waals surface area contributed by atoms with Crippen LogP contribution < -0.4 is 0 Å². The van der Waals surface area contributed by atoms with E-state index in [0.717, 1.165) is 23.4 Å². The van der Waals surface area contributed by atoms with Gasteiger partial charge in [0.1, 0.15) is 0 Å². The van der Waals surface area contributed by atoms with Crippen molar-refractivity contribution in [2.45, 2.75) is 43.9 Å². The first-order chi connectivity index (χ1) is 8.14. The van der Waals surface area contributed by atoms with E-state index >= 15 is 0 Å². The Kier molecular flexibility index (Phi) is 1.92. The molecule has 0 spiro atoms. The maximum absolute atomic E-state index is 6.02. The standard InChI is InChI=1S/C16H21N/c1-11-3-15(10-17(11)2)16-7-12-4-13(8-16)6-14(5-12)9-16/h1,3,10,12-14H,4-9H2,2H3. The fourth-order valence-corrected chi connectivity index (χ4v) is 5.34. The first kappa shape index (κ1) is 10.2. The van der Waals surface area contributed by atoms with Crippen LogP contribution in [-0.4, -0.2) is 4.57 Å². The molecule has 17 heavy (non-hydrogen) atoms. The quantitative estimate of drug-likeness (QED) is 0.691. The van der Waals surface area contributed by atoms with Crippen molar-refractivity contribution in [3.8, 4) is 0 Å². The van der Waals surface area contributed by atoms with E-state index < -0.39 is 0 Å². The normalized spacial score (nSPS) is 43.3. The molecule has 0 atom stereocenters. The third-order valence-corrected chi connectivity index (χ3v) is 5.69. The van der Waals surface area contributed by atoms with Crippen molar-refractivity contribution >= 4 is 0 Å². The lowest BCUT2D eigenvalue weighted by atomic mass is 9.48. The fourth-order valence-electron chi connectivity index (χ4n) is 5.34. The van der Waals surface area contributed by atoms with Gasteiger partial charge in [-0.05, 0) is 73.3 Å². The highest BCUT2D eigenvalue weighted by Gasteiger charge is 2.51. The molecule has 5 rings (SSSR count). The van der Waals surface area contributed by atoms with Gasteiger partial charge in [0.25, 0.3) is 0 Å². The van der Waals surface area contributed by atoms with E-state index in [1.807, 2.05) is 0 Å². The van der Waals surface area contributed by atoms with Crippen molar-refractivity contribution in [1.29, 1.82) is 0 Å². The topological polar surface area (TPSA) is 4.93 Å². The molecule has 4 saturated carbocycles. The summed E-state index contributed by atoms with van der Waals surface area (Å²) in [5.74, 6) is 3.05. The molecule has 0 unspecified atom stereocenters. The van der Waals surface area contributed by atoms with Crippen LogP contribution in [0.3, 0.4) is 0 Å². The van der Waals surface area contributed by atoms with Crippen molar-refractivity contribution < 1.29 is 0 Å². The zero-order chi connectivity index (χ0) is 11.6. The number of nitrogens with zero attached hydrogens (tertiary/aromatic N) is 1. The number of aromatic nitrogens is 1. The third kappa shape index (κ3) is 1.37. The van der Waals surface area contributed by atoms with E-state index in [2.05, 4.69) is 23.9 Å². The highest BCUT2D eigenvalue weighted by molar-refractivity contribution is 5.31. The summed E-state index contributed by atoms with van der Waals surface area (Å²) < 4.78 is 2.09. The van der Waals surface area contributed by atoms with Crippen molar-refractivity contribution in [1.82, 2.24) is 4.57 Å². The molecule has 90 valence electrons. The summed E-state index contributed by atoms with van der Waals surface area (Å²) >= 11 is 0. The summed E-state index contributed by atoms with van der Waals surface area (Å²) in [7, 11) is 2.07. The van der Waals surface area contributed by atoms with Gasteiger partial charge in [-0.15, -0.1) is 0 Å². The van der Waals surface area contributed by atoms with E-state index in [0.29, 0.717) is 5.41 Å². The fraction of sp³-hybridized carbons (Fsp3) is 0.688. The van der Waals surface area contributed by atoms with Crippen molar-refractivity contribution in [3.05, 3.63) is 30.4 Å². The summed E-state index contributed by atoms with van der Waals surface area (Å²) in [5, 5.41) is 0. The van der Waals surface area contributed by atoms with Crippen LogP contribution in [0.25, 0.3) is 0 Å². The molecular formula is C16H21N. The van der Waals surface area contributed by atoms with Gasteiger partial charge in [0.2, 0.25) is 0 Å². The highest BCUT2D eigenvalue weighted by atomic mass is 14.9. The molecule has 0 aliphatic heterocycles. The second-order valence-corrected chi connectivity index (χ2v) is 6.96. The number of hydrogen-bond donors (Lipinski definition) is 0. The van der Waals surface area contributed by atoms with Gasteiger partial charge in [-0.1, -0.05) is 0 Å². The smallest absolute Gasteiger partial charge is 0.0219 e. The summed E-state index contributed by atoms with van der Waals surface area (Å²) in [5.41, 5.74) is 2.97. The molecular weight excluding hydrogens is 206 g/mol. The van der Waals surface area contributed by atoms with Gasteiger partial charge in [0.05, 0.1) is 0 Å². The lowest BCUT2D eigenvalue weighted by Crippen LogP contribution is -2.48. The molecule has 4 bridgehead atoms. The van der Waals surface area contributed by atoms with Crippen LogP contribution in [0.4, 0.5) is 0 Å². The van der Waals surface area contributed by atoms with E-state index in [9.17, 15) is 0 Å². The van der Waals surface area contributed by atoms with Crippen LogP contribution in [0.15, 0.2) is 12.3 Å². The molecule has 2 radical (unpaired) electrons. The Morgan fingerprint density at radius 1 is 1.12 bits per heavy atom. The summed E-state index contributed by atoms with van der Waals surface area (Å²) in [6, 6.07) is 2.24. The molecule has 4 fully saturated rings. The van der Waals surface area contributed by atoms with Crippen LogP contribution in [0.5, 0.6) is 0 Å². The van der Waals surface area contributed by atoms with E-state index in [-0.39, 0.29) is 0 Å². The third-order valence-electron chi connectivity index (χ3n) is 5.69. The Bertz CT molecular complexity index is 399. The Labute approximate surface area is 104 Å². The largest absolute Gasteiger partial charge is 0.354 e. The monoisotopic (exact) mass is 227 g/mol. The van der Waals surface area contributed by atoms with Crippen LogP contribution in [0.2, 0.25) is 0 Å². The van der Waals surface area contributed by atoms with Crippen molar-refractivity contribution in [2.24, 2.45) is 24.8 Å². The van der Waals surface area contributed by atoms with Gasteiger partial charge in [0, 0.05) is 25.9 Å². The Hall–Kier alpha value is -0.720. The highest BCUT2D eigenvalue weighted by Crippen LogP contribution is 2.60. The first-order valence-electron chi connectivity index (χ1n) is 7.07. The second kappa shape index (κ2) is 3.18. The van der Waals surface area contributed by atoms with Crippen LogP contribution in [0.1, 0.15) is 49.8 Å². The van der Waals surface area contributed by atoms with Gasteiger partial charge >= 0.3 is 0 Å².